The first kappa shape index (κ1) is 12.8. The predicted octanol–water partition coefficient (Wildman–Crippen LogP) is 3.15. The molecule has 0 aromatic carbocycles. The Labute approximate surface area is 109 Å². The van der Waals surface area contributed by atoms with Gasteiger partial charge < -0.3 is 15.4 Å². The highest BCUT2D eigenvalue weighted by molar-refractivity contribution is 7.15. The molecule has 6 nitrogen and oxygen atoms in total. The van der Waals surface area contributed by atoms with Crippen LogP contribution in [-0.2, 0) is 0 Å². The molecule has 0 saturated heterocycles. The van der Waals surface area contributed by atoms with Gasteiger partial charge in [-0.1, -0.05) is 32.1 Å². The van der Waals surface area contributed by atoms with Gasteiger partial charge in [-0.15, -0.1) is 0 Å². The SMILES string of the molecule is CCC(Nc1nc2sccn2c1[N+](=O)[O-])C(C)C. The maximum atomic E-state index is 11.1. The summed E-state index contributed by atoms with van der Waals surface area (Å²) >= 11 is 1.39. The molecule has 7 heteroatoms. The maximum Gasteiger partial charge on any atom is 0.372 e. The summed E-state index contributed by atoms with van der Waals surface area (Å²) in [7, 11) is 0. The molecular weight excluding hydrogens is 252 g/mol. The zero-order valence-electron chi connectivity index (χ0n) is 10.6. The smallest absolute Gasteiger partial charge is 0.360 e. The van der Waals surface area contributed by atoms with Crippen molar-refractivity contribution in [2.75, 3.05) is 5.32 Å². The van der Waals surface area contributed by atoms with E-state index in [2.05, 4.69) is 31.1 Å². The number of nitrogens with zero attached hydrogens (tertiary/aromatic N) is 3. The Morgan fingerprint density at radius 3 is 2.89 bits per heavy atom. The topological polar surface area (TPSA) is 72.5 Å². The summed E-state index contributed by atoms with van der Waals surface area (Å²) in [5.41, 5.74) is 0. The Balaban J connectivity index is 2.40. The van der Waals surface area contributed by atoms with E-state index in [1.807, 2.05) is 0 Å². The van der Waals surface area contributed by atoms with Crippen LogP contribution in [0.3, 0.4) is 0 Å². The van der Waals surface area contributed by atoms with Gasteiger partial charge >= 0.3 is 5.82 Å². The largest absolute Gasteiger partial charge is 0.372 e. The first-order chi connectivity index (χ1) is 8.54. The van der Waals surface area contributed by atoms with Crippen LogP contribution >= 0.6 is 11.3 Å². The quantitative estimate of drug-likeness (QED) is 0.668. The highest BCUT2D eigenvalue weighted by Crippen LogP contribution is 2.29. The number of imidazole rings is 1. The number of fused-ring (bicyclic) bond motifs is 1. The molecule has 2 rings (SSSR count). The number of rotatable bonds is 5. The summed E-state index contributed by atoms with van der Waals surface area (Å²) in [6.45, 7) is 6.23. The van der Waals surface area contributed by atoms with Crippen LogP contribution in [0.15, 0.2) is 11.6 Å². The van der Waals surface area contributed by atoms with Gasteiger partial charge in [-0.25, -0.2) is 0 Å². The molecule has 1 unspecified atom stereocenters. The highest BCUT2D eigenvalue weighted by Gasteiger charge is 2.25. The van der Waals surface area contributed by atoms with Crippen molar-refractivity contribution in [3.63, 3.8) is 0 Å². The van der Waals surface area contributed by atoms with Crippen LogP contribution in [0, 0.1) is 16.0 Å². The lowest BCUT2D eigenvalue weighted by atomic mass is 10.0. The standard InChI is InChI=1S/C11H16N4O2S/c1-4-8(7(2)3)12-9-10(15(16)17)14-5-6-18-11(14)13-9/h5-8,12H,4H2,1-3H3. The van der Waals surface area contributed by atoms with E-state index in [4.69, 9.17) is 0 Å². The molecule has 98 valence electrons. The Morgan fingerprint density at radius 2 is 2.33 bits per heavy atom. The first-order valence-corrected chi connectivity index (χ1v) is 6.79. The van der Waals surface area contributed by atoms with Gasteiger partial charge in [-0.3, -0.25) is 0 Å². The Kier molecular flexibility index (Phi) is 3.51. The fraction of sp³-hybridized carbons (Fsp3) is 0.545. The van der Waals surface area contributed by atoms with Gasteiger partial charge in [-0.2, -0.15) is 9.38 Å². The average molecular weight is 268 g/mol. The summed E-state index contributed by atoms with van der Waals surface area (Å²) in [4.78, 5) is 15.7. The number of hydrogen-bond acceptors (Lipinski definition) is 5. The minimum absolute atomic E-state index is 0.0188. The molecule has 18 heavy (non-hydrogen) atoms. The number of anilines is 1. The van der Waals surface area contributed by atoms with E-state index in [0.717, 1.165) is 6.42 Å². The van der Waals surface area contributed by atoms with Gasteiger partial charge in [0.2, 0.25) is 5.82 Å². The minimum Gasteiger partial charge on any atom is -0.360 e. The molecule has 0 bridgehead atoms. The van der Waals surface area contributed by atoms with E-state index in [0.29, 0.717) is 16.7 Å². The van der Waals surface area contributed by atoms with Crippen LogP contribution in [0.25, 0.3) is 4.96 Å². The predicted molar refractivity (Wildman–Crippen MR) is 72.3 cm³/mol. The lowest BCUT2D eigenvalue weighted by molar-refractivity contribution is -0.389. The van der Waals surface area contributed by atoms with Crippen molar-refractivity contribution in [3.05, 3.63) is 21.7 Å². The molecule has 0 fully saturated rings. The third kappa shape index (κ3) is 2.17. The van der Waals surface area contributed by atoms with Crippen LogP contribution in [0.5, 0.6) is 0 Å². The molecule has 2 aromatic rings. The van der Waals surface area contributed by atoms with E-state index in [1.165, 1.54) is 15.7 Å². The molecule has 0 amide bonds. The molecule has 0 aliphatic carbocycles. The van der Waals surface area contributed by atoms with E-state index in [1.54, 1.807) is 11.6 Å². The lowest BCUT2D eigenvalue weighted by Gasteiger charge is -2.19. The van der Waals surface area contributed by atoms with Gasteiger partial charge in [0.1, 0.15) is 6.20 Å². The van der Waals surface area contributed by atoms with E-state index in [-0.39, 0.29) is 16.8 Å². The third-order valence-electron chi connectivity index (χ3n) is 2.98. The van der Waals surface area contributed by atoms with Gasteiger partial charge in [0.15, 0.2) is 0 Å². The van der Waals surface area contributed by atoms with Crippen molar-refractivity contribution < 1.29 is 4.92 Å². The van der Waals surface area contributed by atoms with Crippen molar-refractivity contribution in [3.8, 4) is 0 Å². The van der Waals surface area contributed by atoms with Crippen molar-refractivity contribution in [1.29, 1.82) is 0 Å². The fourth-order valence-corrected chi connectivity index (χ4v) is 2.67. The lowest BCUT2D eigenvalue weighted by Crippen LogP contribution is -2.25. The second-order valence-electron chi connectivity index (χ2n) is 4.50. The molecule has 2 heterocycles. The maximum absolute atomic E-state index is 11.1. The van der Waals surface area contributed by atoms with E-state index < -0.39 is 0 Å². The third-order valence-corrected chi connectivity index (χ3v) is 3.73. The molecule has 1 atom stereocenters. The van der Waals surface area contributed by atoms with Crippen LogP contribution in [0.4, 0.5) is 11.6 Å². The van der Waals surface area contributed by atoms with Crippen LogP contribution < -0.4 is 5.32 Å². The molecular formula is C11H16N4O2S. The van der Waals surface area contributed by atoms with Crippen molar-refractivity contribution in [2.45, 2.75) is 33.2 Å². The van der Waals surface area contributed by atoms with Crippen LogP contribution in [0.1, 0.15) is 27.2 Å². The monoisotopic (exact) mass is 268 g/mol. The van der Waals surface area contributed by atoms with Gasteiger partial charge in [0, 0.05) is 11.4 Å². The molecule has 0 saturated carbocycles. The van der Waals surface area contributed by atoms with Gasteiger partial charge in [-0.05, 0) is 17.3 Å². The molecule has 0 spiro atoms. The Bertz CT molecular complexity index is 560. The van der Waals surface area contributed by atoms with Gasteiger partial charge in [0.25, 0.3) is 4.96 Å². The van der Waals surface area contributed by atoms with Crippen molar-refractivity contribution in [1.82, 2.24) is 9.38 Å². The number of aromatic nitrogens is 2. The molecule has 0 aliphatic rings. The van der Waals surface area contributed by atoms with E-state index >= 15 is 0 Å². The van der Waals surface area contributed by atoms with Crippen molar-refractivity contribution in [2.24, 2.45) is 5.92 Å². The molecule has 1 N–H and O–H groups in total. The Hall–Kier alpha value is -1.63. The number of thiazole rings is 1. The minimum atomic E-state index is -0.387. The van der Waals surface area contributed by atoms with Crippen LogP contribution in [0.2, 0.25) is 0 Å². The summed E-state index contributed by atoms with van der Waals surface area (Å²) in [6, 6.07) is 0.188. The Morgan fingerprint density at radius 1 is 1.61 bits per heavy atom. The number of hydrogen-bond donors (Lipinski definition) is 1. The average Bonchev–Trinajstić information content (AvgIpc) is 2.83. The summed E-state index contributed by atoms with van der Waals surface area (Å²) in [6.07, 6.45) is 2.58. The second-order valence-corrected chi connectivity index (χ2v) is 5.37. The zero-order chi connectivity index (χ0) is 13.3. The first-order valence-electron chi connectivity index (χ1n) is 5.91. The summed E-state index contributed by atoms with van der Waals surface area (Å²) in [5, 5.41) is 16.1. The molecule has 0 aliphatic heterocycles. The number of nitro groups is 1. The van der Waals surface area contributed by atoms with E-state index in [9.17, 15) is 10.1 Å². The normalized spacial score (nSPS) is 13.1. The zero-order valence-corrected chi connectivity index (χ0v) is 11.4. The molecule has 2 aromatic heterocycles. The fourth-order valence-electron chi connectivity index (χ4n) is 1.96. The summed E-state index contributed by atoms with van der Waals surface area (Å²) < 4.78 is 1.51. The number of nitrogens with one attached hydrogen (secondary N) is 1. The second kappa shape index (κ2) is 4.93. The highest BCUT2D eigenvalue weighted by atomic mass is 32.1. The van der Waals surface area contributed by atoms with Crippen molar-refractivity contribution >= 4 is 27.9 Å². The molecule has 0 radical (unpaired) electrons. The van der Waals surface area contributed by atoms with Gasteiger partial charge in [0.05, 0.1) is 0 Å². The van der Waals surface area contributed by atoms with Crippen LogP contribution in [-0.4, -0.2) is 20.3 Å². The summed E-state index contributed by atoms with van der Waals surface area (Å²) in [5.74, 6) is 0.784.